The molecular weight excluding hydrogens is 465 g/mol. The van der Waals surface area contributed by atoms with E-state index in [0.29, 0.717) is 12.5 Å². The molecule has 0 N–H and O–H groups in total. The van der Waals surface area contributed by atoms with Crippen LogP contribution >= 0.6 is 23.2 Å². The SMILES string of the molecule is C.CC(=O)N(C)CC(c1ccc(Cl)cc1)C(C)Cc1ccc(Cl)cc1.COc1ccc(C)cc1. The number of aryl methyl sites for hydroxylation is 1. The molecule has 0 aliphatic heterocycles. The van der Waals surface area contributed by atoms with Crippen LogP contribution in [-0.4, -0.2) is 31.5 Å². The van der Waals surface area contributed by atoms with Crippen molar-refractivity contribution in [3.63, 3.8) is 0 Å². The summed E-state index contributed by atoms with van der Waals surface area (Å²) in [6.45, 7) is 6.57. The van der Waals surface area contributed by atoms with Gasteiger partial charge in [0.25, 0.3) is 0 Å². The number of hydrogen-bond donors (Lipinski definition) is 0. The number of benzene rings is 3. The summed E-state index contributed by atoms with van der Waals surface area (Å²) in [5.74, 6) is 1.61. The highest BCUT2D eigenvalue weighted by Crippen LogP contribution is 2.29. The van der Waals surface area contributed by atoms with Gasteiger partial charge in [-0.15, -0.1) is 0 Å². The first-order chi connectivity index (χ1) is 15.7. The zero-order valence-corrected chi connectivity index (χ0v) is 21.5. The molecule has 1 amide bonds. The molecule has 3 aromatic rings. The zero-order valence-electron chi connectivity index (χ0n) is 20.0. The van der Waals surface area contributed by atoms with Crippen LogP contribution in [-0.2, 0) is 11.2 Å². The normalized spacial score (nSPS) is 11.9. The molecule has 0 saturated heterocycles. The number of carbonyl (C=O) groups is 1. The third kappa shape index (κ3) is 9.79. The largest absolute Gasteiger partial charge is 0.497 e. The molecule has 0 bridgehead atoms. The van der Waals surface area contributed by atoms with Crippen molar-refractivity contribution in [1.82, 2.24) is 4.90 Å². The van der Waals surface area contributed by atoms with Gasteiger partial charge < -0.3 is 9.64 Å². The number of nitrogens with zero attached hydrogens (tertiary/aromatic N) is 1. The molecule has 3 rings (SSSR count). The van der Waals surface area contributed by atoms with Crippen molar-refractivity contribution >= 4 is 29.1 Å². The highest BCUT2D eigenvalue weighted by atomic mass is 35.5. The first kappa shape index (κ1) is 29.5. The maximum Gasteiger partial charge on any atom is 0.219 e. The van der Waals surface area contributed by atoms with Gasteiger partial charge in [-0.3, -0.25) is 4.79 Å². The summed E-state index contributed by atoms with van der Waals surface area (Å²) in [4.78, 5) is 13.4. The van der Waals surface area contributed by atoms with Gasteiger partial charge in [0.2, 0.25) is 5.91 Å². The van der Waals surface area contributed by atoms with E-state index in [1.165, 1.54) is 16.7 Å². The lowest BCUT2D eigenvalue weighted by Crippen LogP contribution is -2.32. The van der Waals surface area contributed by atoms with Gasteiger partial charge in [-0.1, -0.05) is 79.5 Å². The number of amides is 1. The summed E-state index contributed by atoms with van der Waals surface area (Å²) in [5, 5.41) is 1.47. The Hall–Kier alpha value is -2.49. The predicted octanol–water partition coefficient (Wildman–Crippen LogP) is 8.07. The number of rotatable bonds is 7. The standard InChI is InChI=1S/C20H23Cl2NO.C8H10O.CH4/c1-14(12-16-4-8-18(21)9-5-16)20(13-23(3)15(2)24)17-6-10-19(22)11-7-17;1-7-3-5-8(9-2)6-4-7;/h4-11,14,20H,12-13H2,1-3H3;3-6H,1-2H3;1H4. The van der Waals surface area contributed by atoms with E-state index >= 15 is 0 Å². The molecule has 2 unspecified atom stereocenters. The van der Waals surface area contributed by atoms with E-state index in [1.54, 1.807) is 18.9 Å². The predicted molar refractivity (Wildman–Crippen MR) is 146 cm³/mol. The van der Waals surface area contributed by atoms with Gasteiger partial charge in [-0.05, 0) is 66.8 Å². The van der Waals surface area contributed by atoms with Crippen molar-refractivity contribution in [2.45, 2.75) is 40.5 Å². The van der Waals surface area contributed by atoms with E-state index in [1.807, 2.05) is 55.6 Å². The third-order valence-corrected chi connectivity index (χ3v) is 6.22. The van der Waals surface area contributed by atoms with Crippen LogP contribution in [0.3, 0.4) is 0 Å². The Morgan fingerprint density at radius 2 is 1.41 bits per heavy atom. The summed E-state index contributed by atoms with van der Waals surface area (Å²) < 4.78 is 4.97. The topological polar surface area (TPSA) is 29.5 Å². The molecule has 184 valence electrons. The molecule has 0 aliphatic rings. The van der Waals surface area contributed by atoms with E-state index in [0.717, 1.165) is 22.2 Å². The molecule has 0 aliphatic carbocycles. The lowest BCUT2D eigenvalue weighted by Gasteiger charge is -2.29. The van der Waals surface area contributed by atoms with Gasteiger partial charge in [0.15, 0.2) is 0 Å². The zero-order chi connectivity index (χ0) is 24.4. The monoisotopic (exact) mass is 501 g/mol. The van der Waals surface area contributed by atoms with Gasteiger partial charge >= 0.3 is 0 Å². The van der Waals surface area contributed by atoms with Gasteiger partial charge in [-0.2, -0.15) is 0 Å². The lowest BCUT2D eigenvalue weighted by atomic mass is 9.83. The van der Waals surface area contributed by atoms with Gasteiger partial charge in [0.1, 0.15) is 5.75 Å². The molecule has 2 atom stereocenters. The first-order valence-corrected chi connectivity index (χ1v) is 11.8. The van der Waals surface area contributed by atoms with Gasteiger partial charge in [0.05, 0.1) is 7.11 Å². The van der Waals surface area contributed by atoms with Crippen molar-refractivity contribution in [2.24, 2.45) is 5.92 Å². The van der Waals surface area contributed by atoms with Crippen molar-refractivity contribution < 1.29 is 9.53 Å². The molecule has 0 saturated carbocycles. The van der Waals surface area contributed by atoms with Crippen LogP contribution in [0.15, 0.2) is 72.8 Å². The van der Waals surface area contributed by atoms with E-state index < -0.39 is 0 Å². The number of likely N-dealkylation sites (N-methyl/N-ethyl adjacent to an activating group) is 1. The Balaban J connectivity index is 0.000000486. The average molecular weight is 503 g/mol. The van der Waals surface area contributed by atoms with Crippen LogP contribution in [0.25, 0.3) is 0 Å². The summed E-state index contributed by atoms with van der Waals surface area (Å²) in [6, 6.07) is 23.9. The lowest BCUT2D eigenvalue weighted by molar-refractivity contribution is -0.127. The number of methoxy groups -OCH3 is 1. The van der Waals surface area contributed by atoms with Crippen molar-refractivity contribution in [3.05, 3.63) is 99.5 Å². The molecule has 5 heteroatoms. The highest BCUT2D eigenvalue weighted by Gasteiger charge is 2.22. The van der Waals surface area contributed by atoms with E-state index in [9.17, 15) is 4.79 Å². The number of hydrogen-bond acceptors (Lipinski definition) is 2. The van der Waals surface area contributed by atoms with Crippen LogP contribution in [0.5, 0.6) is 5.75 Å². The fourth-order valence-corrected chi connectivity index (χ4v) is 3.81. The minimum Gasteiger partial charge on any atom is -0.497 e. The molecular formula is C29H37Cl2NO2. The van der Waals surface area contributed by atoms with Crippen molar-refractivity contribution in [2.75, 3.05) is 20.7 Å². The Bertz CT molecular complexity index is 986. The Labute approximate surface area is 215 Å². The van der Waals surface area contributed by atoms with E-state index in [2.05, 4.69) is 38.1 Å². The second-order valence-corrected chi connectivity index (χ2v) is 9.26. The van der Waals surface area contributed by atoms with E-state index in [-0.39, 0.29) is 19.3 Å². The van der Waals surface area contributed by atoms with Crippen molar-refractivity contribution in [3.8, 4) is 5.75 Å². The summed E-state index contributed by atoms with van der Waals surface area (Å²) in [7, 11) is 3.52. The Morgan fingerprint density at radius 1 is 0.912 bits per heavy atom. The molecule has 0 heterocycles. The van der Waals surface area contributed by atoms with Gasteiger partial charge in [-0.25, -0.2) is 0 Å². The van der Waals surface area contributed by atoms with E-state index in [4.69, 9.17) is 27.9 Å². The minimum atomic E-state index is 0. The summed E-state index contributed by atoms with van der Waals surface area (Å²) in [5.41, 5.74) is 3.71. The molecule has 0 radical (unpaired) electrons. The first-order valence-electron chi connectivity index (χ1n) is 11.0. The van der Waals surface area contributed by atoms with Crippen LogP contribution in [0.2, 0.25) is 10.0 Å². The minimum absolute atomic E-state index is 0. The molecule has 34 heavy (non-hydrogen) atoms. The molecule has 3 nitrogen and oxygen atoms in total. The highest BCUT2D eigenvalue weighted by molar-refractivity contribution is 6.30. The van der Waals surface area contributed by atoms with Crippen LogP contribution in [0.4, 0.5) is 0 Å². The fourth-order valence-electron chi connectivity index (χ4n) is 3.56. The maximum atomic E-state index is 11.7. The molecule has 3 aromatic carbocycles. The van der Waals surface area contributed by atoms with Gasteiger partial charge in [0, 0.05) is 36.5 Å². The van der Waals surface area contributed by atoms with Crippen LogP contribution in [0, 0.1) is 12.8 Å². The smallest absolute Gasteiger partial charge is 0.219 e. The number of halogens is 2. The molecule has 0 spiro atoms. The third-order valence-electron chi connectivity index (χ3n) is 5.72. The fraction of sp³-hybridized carbons (Fsp3) is 0.345. The molecule has 0 aromatic heterocycles. The average Bonchev–Trinajstić information content (AvgIpc) is 2.80. The summed E-state index contributed by atoms with van der Waals surface area (Å²) >= 11 is 12.0. The second-order valence-electron chi connectivity index (χ2n) is 8.38. The molecule has 0 fully saturated rings. The second kappa shape index (κ2) is 14.7. The number of ether oxygens (including phenoxy) is 1. The Kier molecular flexibility index (Phi) is 12.8. The summed E-state index contributed by atoms with van der Waals surface area (Å²) in [6.07, 6.45) is 0.927. The number of carbonyl (C=O) groups excluding carboxylic acids is 1. The van der Waals surface area contributed by atoms with Crippen LogP contribution < -0.4 is 4.74 Å². The quantitative estimate of drug-likeness (QED) is 0.327. The van der Waals surface area contributed by atoms with Crippen LogP contribution in [0.1, 0.15) is 43.9 Å². The van der Waals surface area contributed by atoms with Crippen molar-refractivity contribution in [1.29, 1.82) is 0 Å². The maximum absolute atomic E-state index is 11.7. The Morgan fingerprint density at radius 3 is 1.88 bits per heavy atom.